The number of nitrogens with one attached hydrogen (secondary N) is 1. The van der Waals surface area contributed by atoms with Crippen molar-refractivity contribution in [3.05, 3.63) is 59.2 Å². The fraction of sp³-hybridized carbons (Fsp3) is 0.607. The van der Waals surface area contributed by atoms with E-state index < -0.39 is 8.07 Å². The Hall–Kier alpha value is -1.80. The highest BCUT2D eigenvalue weighted by Crippen LogP contribution is 2.32. The first-order valence-electron chi connectivity index (χ1n) is 13.2. The van der Waals surface area contributed by atoms with Crippen molar-refractivity contribution in [1.82, 2.24) is 15.1 Å². The summed E-state index contributed by atoms with van der Waals surface area (Å²) >= 11 is 0. The van der Waals surface area contributed by atoms with Gasteiger partial charge in [-0.05, 0) is 80.4 Å². The van der Waals surface area contributed by atoms with Crippen LogP contribution in [-0.2, 0) is 16.2 Å². The van der Waals surface area contributed by atoms with Gasteiger partial charge in [0.2, 0.25) is 0 Å². The highest BCUT2D eigenvalue weighted by molar-refractivity contribution is 6.76. The smallest absolute Gasteiger partial charge is 0.139 e. The second-order valence-electron chi connectivity index (χ2n) is 11.4. The number of rotatable bonds is 10. The van der Waals surface area contributed by atoms with E-state index in [4.69, 9.17) is 14.6 Å². The van der Waals surface area contributed by atoms with Crippen molar-refractivity contribution in [1.29, 1.82) is 0 Å². The molecule has 1 N–H and O–H groups in total. The molecule has 2 heterocycles. The second kappa shape index (κ2) is 12.0. The maximum Gasteiger partial charge on any atom is 0.139 e. The minimum Gasteiger partial charge on any atom is -0.376 e. The first-order valence-corrected chi connectivity index (χ1v) is 16.9. The molecule has 5 nitrogen and oxygen atoms in total. The van der Waals surface area contributed by atoms with Crippen LogP contribution in [0.2, 0.25) is 25.7 Å². The lowest BCUT2D eigenvalue weighted by Gasteiger charge is -2.33. The number of benzene rings is 1. The number of ether oxygens (including phenoxy) is 2. The lowest BCUT2D eigenvalue weighted by molar-refractivity contribution is 0.0248. The van der Waals surface area contributed by atoms with Crippen LogP contribution in [0, 0.1) is 12.7 Å². The summed E-state index contributed by atoms with van der Waals surface area (Å²) < 4.78 is 27.9. The maximum absolute atomic E-state index is 13.6. The van der Waals surface area contributed by atoms with Gasteiger partial charge in [-0.2, -0.15) is 5.10 Å². The minimum absolute atomic E-state index is 0.174. The van der Waals surface area contributed by atoms with Gasteiger partial charge in [0, 0.05) is 32.8 Å². The van der Waals surface area contributed by atoms with Gasteiger partial charge in [0.15, 0.2) is 0 Å². The normalized spacial score (nSPS) is 23.3. The molecule has 1 aliphatic heterocycles. The molecule has 1 aliphatic carbocycles. The fourth-order valence-electron chi connectivity index (χ4n) is 5.11. The van der Waals surface area contributed by atoms with E-state index in [-0.39, 0.29) is 18.0 Å². The van der Waals surface area contributed by atoms with Crippen molar-refractivity contribution in [3.63, 3.8) is 0 Å². The molecule has 35 heavy (non-hydrogen) atoms. The zero-order valence-electron chi connectivity index (χ0n) is 21.9. The summed E-state index contributed by atoms with van der Waals surface area (Å²) in [5.74, 6) is 0.182. The van der Waals surface area contributed by atoms with E-state index in [1.54, 1.807) is 12.1 Å². The summed E-state index contributed by atoms with van der Waals surface area (Å²) in [4.78, 5) is 0. The number of aromatic nitrogens is 2. The lowest BCUT2D eigenvalue weighted by Crippen LogP contribution is -2.44. The summed E-state index contributed by atoms with van der Waals surface area (Å²) in [7, 11) is -1.08. The summed E-state index contributed by atoms with van der Waals surface area (Å²) in [6.07, 6.45) is 9.63. The second-order valence-corrected chi connectivity index (χ2v) is 17.0. The Morgan fingerprint density at radius 3 is 2.83 bits per heavy atom. The third-order valence-corrected chi connectivity index (χ3v) is 8.91. The molecule has 2 aromatic rings. The number of allylic oxidation sites excluding steroid dienone is 1. The Kier molecular flexibility index (Phi) is 8.97. The number of halogens is 1. The predicted molar refractivity (Wildman–Crippen MR) is 143 cm³/mol. The molecule has 0 spiro atoms. The quantitative estimate of drug-likeness (QED) is 0.315. The van der Waals surface area contributed by atoms with Crippen LogP contribution < -0.4 is 5.32 Å². The van der Waals surface area contributed by atoms with Crippen molar-refractivity contribution >= 4 is 13.6 Å². The van der Waals surface area contributed by atoms with E-state index in [0.29, 0.717) is 19.3 Å². The molecular formula is C28H42FN3O2Si. The van der Waals surface area contributed by atoms with Crippen molar-refractivity contribution in [3.8, 4) is 0 Å². The third-order valence-electron chi connectivity index (χ3n) is 7.21. The van der Waals surface area contributed by atoms with E-state index in [2.05, 4.69) is 44.2 Å². The van der Waals surface area contributed by atoms with E-state index in [1.165, 1.54) is 28.9 Å². The van der Waals surface area contributed by atoms with Crippen LogP contribution in [-0.4, -0.2) is 49.8 Å². The SMILES string of the molecule is Cc1cn(COCC[Si](C)(C)C)nc1[C@H]1CCCN[C@H]1COC1CC=C(c2cccc(F)c2)CC1. The van der Waals surface area contributed by atoms with Gasteiger partial charge in [0.05, 0.1) is 18.4 Å². The Bertz CT molecular complexity index is 1000. The highest BCUT2D eigenvalue weighted by atomic mass is 28.3. The van der Waals surface area contributed by atoms with Crippen LogP contribution in [0.1, 0.15) is 54.8 Å². The number of hydrogen-bond acceptors (Lipinski definition) is 4. The summed E-state index contributed by atoms with van der Waals surface area (Å²) in [5.41, 5.74) is 4.63. The molecular weight excluding hydrogens is 457 g/mol. The molecule has 192 valence electrons. The molecule has 1 aromatic carbocycles. The Labute approximate surface area is 211 Å². The van der Waals surface area contributed by atoms with Crippen LogP contribution in [0.15, 0.2) is 36.5 Å². The van der Waals surface area contributed by atoms with Crippen LogP contribution in [0.4, 0.5) is 4.39 Å². The van der Waals surface area contributed by atoms with Gasteiger partial charge < -0.3 is 14.8 Å². The van der Waals surface area contributed by atoms with Crippen LogP contribution in [0.3, 0.4) is 0 Å². The molecule has 1 unspecified atom stereocenters. The summed E-state index contributed by atoms with van der Waals surface area (Å²) in [6.45, 7) is 12.3. The third kappa shape index (κ3) is 7.59. The molecule has 0 saturated carbocycles. The molecule has 1 fully saturated rings. The molecule has 1 saturated heterocycles. The maximum atomic E-state index is 13.6. The van der Waals surface area contributed by atoms with Crippen LogP contribution >= 0.6 is 0 Å². The molecule has 0 amide bonds. The fourth-order valence-corrected chi connectivity index (χ4v) is 5.87. The van der Waals surface area contributed by atoms with E-state index in [0.717, 1.165) is 50.8 Å². The Morgan fingerprint density at radius 2 is 2.09 bits per heavy atom. The van der Waals surface area contributed by atoms with E-state index >= 15 is 0 Å². The molecule has 4 rings (SSSR count). The molecule has 7 heteroatoms. The first-order chi connectivity index (χ1) is 16.8. The van der Waals surface area contributed by atoms with Gasteiger partial charge >= 0.3 is 0 Å². The van der Waals surface area contributed by atoms with Gasteiger partial charge in [0.25, 0.3) is 0 Å². The van der Waals surface area contributed by atoms with Gasteiger partial charge in [0.1, 0.15) is 12.5 Å². The number of piperidine rings is 1. The monoisotopic (exact) mass is 499 g/mol. The Balaban J connectivity index is 1.30. The summed E-state index contributed by atoms with van der Waals surface area (Å²) in [6, 6.07) is 8.34. The van der Waals surface area contributed by atoms with Crippen molar-refractivity contribution in [2.45, 2.75) is 89.5 Å². The zero-order valence-corrected chi connectivity index (χ0v) is 22.9. The van der Waals surface area contributed by atoms with E-state index in [9.17, 15) is 4.39 Å². The van der Waals surface area contributed by atoms with E-state index in [1.807, 2.05) is 10.7 Å². The first kappa shape index (κ1) is 26.3. The van der Waals surface area contributed by atoms with Crippen molar-refractivity contribution in [2.75, 3.05) is 19.8 Å². The van der Waals surface area contributed by atoms with Gasteiger partial charge in [-0.3, -0.25) is 0 Å². The average Bonchev–Trinajstić information content (AvgIpc) is 3.20. The lowest BCUT2D eigenvalue weighted by atomic mass is 9.87. The predicted octanol–water partition coefficient (Wildman–Crippen LogP) is 6.13. The average molecular weight is 500 g/mol. The van der Waals surface area contributed by atoms with Crippen molar-refractivity contribution in [2.24, 2.45) is 0 Å². The molecule has 0 radical (unpaired) electrons. The topological polar surface area (TPSA) is 48.3 Å². The molecule has 3 atom stereocenters. The van der Waals surface area contributed by atoms with Gasteiger partial charge in [-0.25, -0.2) is 9.07 Å². The zero-order chi connectivity index (χ0) is 24.8. The van der Waals surface area contributed by atoms with Gasteiger partial charge in [-0.15, -0.1) is 0 Å². The number of aryl methyl sites for hydroxylation is 1. The summed E-state index contributed by atoms with van der Waals surface area (Å²) in [5, 5.41) is 8.63. The van der Waals surface area contributed by atoms with Crippen LogP contribution in [0.5, 0.6) is 0 Å². The Morgan fingerprint density at radius 1 is 1.23 bits per heavy atom. The highest BCUT2D eigenvalue weighted by Gasteiger charge is 2.30. The molecule has 0 bridgehead atoms. The minimum atomic E-state index is -1.08. The largest absolute Gasteiger partial charge is 0.376 e. The number of nitrogens with zero attached hydrogens (tertiary/aromatic N) is 2. The number of hydrogen-bond donors (Lipinski definition) is 1. The van der Waals surface area contributed by atoms with Crippen molar-refractivity contribution < 1.29 is 13.9 Å². The molecule has 2 aliphatic rings. The van der Waals surface area contributed by atoms with Crippen LogP contribution in [0.25, 0.3) is 5.57 Å². The molecule has 1 aromatic heterocycles. The standard InChI is InChI=1S/C28H42FN3O2Si/c1-21-18-32(20-33-15-16-35(2,3)4)31-28(21)26-9-6-14-30-27(26)19-34-25-12-10-22(11-13-25)23-7-5-8-24(29)17-23/h5,7-8,10,17-18,25-27,30H,6,9,11-16,19-20H2,1-4H3/t25?,26-,27-/m0/s1. The van der Waals surface area contributed by atoms with Gasteiger partial charge in [-0.1, -0.05) is 37.8 Å².